The summed E-state index contributed by atoms with van der Waals surface area (Å²) in [5, 5.41) is 5.13. The number of hydrogen-bond donors (Lipinski definition) is 2. The van der Waals surface area contributed by atoms with E-state index in [4.69, 9.17) is 4.74 Å². The first-order valence-electron chi connectivity index (χ1n) is 9.87. The number of benzene rings is 1. The van der Waals surface area contributed by atoms with Gasteiger partial charge in [0, 0.05) is 31.6 Å². The van der Waals surface area contributed by atoms with Crippen LogP contribution in [0.15, 0.2) is 29.2 Å². The van der Waals surface area contributed by atoms with Crippen molar-refractivity contribution in [3.63, 3.8) is 0 Å². The van der Waals surface area contributed by atoms with Gasteiger partial charge >= 0.3 is 0 Å². The molecule has 1 aromatic rings. The van der Waals surface area contributed by atoms with Gasteiger partial charge in [-0.3, -0.25) is 4.79 Å². The number of nitrogens with zero attached hydrogens (tertiary/aromatic N) is 1. The Labute approximate surface area is 168 Å². The number of nitrogens with one attached hydrogen (secondary N) is 1. The van der Waals surface area contributed by atoms with E-state index in [1.54, 1.807) is 12.1 Å². The number of nitrogens with two attached hydrogens (primary N) is 1. The summed E-state index contributed by atoms with van der Waals surface area (Å²) in [6.45, 7) is 12.4. The fourth-order valence-corrected chi connectivity index (χ4v) is 4.79. The quantitative estimate of drug-likeness (QED) is 0.653. The van der Waals surface area contributed by atoms with Crippen molar-refractivity contribution in [2.75, 3.05) is 26.2 Å². The Hall–Kier alpha value is -1.48. The molecule has 0 bridgehead atoms. The molecule has 2 atom stereocenters. The molecular formula is C20H34N3O4S+. The molecule has 28 heavy (non-hydrogen) atoms. The fourth-order valence-electron chi connectivity index (χ4n) is 3.20. The van der Waals surface area contributed by atoms with Crippen molar-refractivity contribution >= 4 is 15.9 Å². The van der Waals surface area contributed by atoms with E-state index in [0.29, 0.717) is 25.2 Å². The maximum atomic E-state index is 12.9. The van der Waals surface area contributed by atoms with E-state index in [9.17, 15) is 13.2 Å². The maximum Gasteiger partial charge on any atom is 0.251 e. The molecule has 1 amide bonds. The SMILES string of the molecule is C[C@H]1CN(S(=O)(=O)c2ccc(C(=O)NCCC[NH2+]C(C)(C)C)cc2)C[C@H](C)O1. The molecule has 1 aliphatic rings. The number of carbonyl (C=O) groups excluding carboxylic acids is 1. The first kappa shape index (κ1) is 22.8. The molecule has 2 rings (SSSR count). The Morgan fingerprint density at radius 2 is 1.75 bits per heavy atom. The number of rotatable bonds is 7. The monoisotopic (exact) mass is 412 g/mol. The molecule has 0 saturated carbocycles. The highest BCUT2D eigenvalue weighted by molar-refractivity contribution is 7.89. The normalized spacial score (nSPS) is 21.5. The summed E-state index contributed by atoms with van der Waals surface area (Å²) in [5.74, 6) is -0.187. The number of sulfonamides is 1. The van der Waals surface area contributed by atoms with Gasteiger partial charge in [0.1, 0.15) is 0 Å². The Morgan fingerprint density at radius 3 is 2.29 bits per heavy atom. The predicted octanol–water partition coefficient (Wildman–Crippen LogP) is 0.966. The molecule has 1 saturated heterocycles. The van der Waals surface area contributed by atoms with Crippen LogP contribution in [0.3, 0.4) is 0 Å². The second kappa shape index (κ2) is 9.35. The number of ether oxygens (including phenoxy) is 1. The van der Waals surface area contributed by atoms with Gasteiger partial charge in [-0.05, 0) is 58.9 Å². The number of amides is 1. The number of morpholine rings is 1. The second-order valence-electron chi connectivity index (χ2n) is 8.57. The number of quaternary nitrogens is 1. The average Bonchev–Trinajstić information content (AvgIpc) is 2.59. The van der Waals surface area contributed by atoms with E-state index in [0.717, 1.165) is 13.0 Å². The summed E-state index contributed by atoms with van der Waals surface area (Å²) in [7, 11) is -3.59. The number of carbonyl (C=O) groups is 1. The van der Waals surface area contributed by atoms with Crippen molar-refractivity contribution < 1.29 is 23.3 Å². The van der Waals surface area contributed by atoms with Crippen LogP contribution < -0.4 is 10.6 Å². The average molecular weight is 413 g/mol. The van der Waals surface area contributed by atoms with Crippen LogP contribution in [-0.4, -0.2) is 62.6 Å². The largest absolute Gasteiger partial charge is 0.373 e. The van der Waals surface area contributed by atoms with Crippen LogP contribution in [0.25, 0.3) is 0 Å². The molecule has 7 nitrogen and oxygen atoms in total. The zero-order valence-corrected chi connectivity index (χ0v) is 18.4. The third kappa shape index (κ3) is 6.55. The van der Waals surface area contributed by atoms with E-state index < -0.39 is 10.0 Å². The maximum absolute atomic E-state index is 12.9. The van der Waals surface area contributed by atoms with Crippen molar-refractivity contribution in [2.45, 2.75) is 63.7 Å². The van der Waals surface area contributed by atoms with Gasteiger partial charge in [-0.15, -0.1) is 0 Å². The molecule has 1 heterocycles. The Bertz CT molecular complexity index is 747. The second-order valence-corrected chi connectivity index (χ2v) is 10.5. The highest BCUT2D eigenvalue weighted by atomic mass is 32.2. The molecule has 1 aliphatic heterocycles. The van der Waals surface area contributed by atoms with Gasteiger partial charge in [0.05, 0.1) is 29.2 Å². The van der Waals surface area contributed by atoms with E-state index in [-0.39, 0.29) is 28.5 Å². The lowest BCUT2D eigenvalue weighted by atomic mass is 10.1. The van der Waals surface area contributed by atoms with Crippen molar-refractivity contribution in [3.05, 3.63) is 29.8 Å². The van der Waals surface area contributed by atoms with Gasteiger partial charge in [-0.25, -0.2) is 8.42 Å². The lowest BCUT2D eigenvalue weighted by Crippen LogP contribution is -2.94. The summed E-state index contributed by atoms with van der Waals surface area (Å²) in [6.07, 6.45) is 0.598. The molecule has 0 aromatic heterocycles. The fraction of sp³-hybridized carbons (Fsp3) is 0.650. The minimum atomic E-state index is -3.59. The van der Waals surface area contributed by atoms with Crippen LogP contribution in [0.5, 0.6) is 0 Å². The Morgan fingerprint density at radius 1 is 1.18 bits per heavy atom. The summed E-state index contributed by atoms with van der Waals surface area (Å²) in [5.41, 5.74) is 0.643. The summed E-state index contributed by atoms with van der Waals surface area (Å²) in [4.78, 5) is 12.5. The molecule has 0 aliphatic carbocycles. The van der Waals surface area contributed by atoms with Crippen LogP contribution in [-0.2, 0) is 14.8 Å². The van der Waals surface area contributed by atoms with Gasteiger partial charge < -0.3 is 15.4 Å². The number of hydrogen-bond acceptors (Lipinski definition) is 4. The van der Waals surface area contributed by atoms with E-state index in [2.05, 4.69) is 31.4 Å². The summed E-state index contributed by atoms with van der Waals surface area (Å²) < 4.78 is 32.8. The van der Waals surface area contributed by atoms with Gasteiger partial charge in [-0.1, -0.05) is 0 Å². The molecule has 0 spiro atoms. The van der Waals surface area contributed by atoms with Crippen LogP contribution >= 0.6 is 0 Å². The van der Waals surface area contributed by atoms with Crippen molar-refractivity contribution in [1.29, 1.82) is 0 Å². The minimum absolute atomic E-state index is 0.140. The van der Waals surface area contributed by atoms with E-state index in [1.165, 1.54) is 16.4 Å². The minimum Gasteiger partial charge on any atom is -0.373 e. The summed E-state index contributed by atoms with van der Waals surface area (Å²) in [6, 6.07) is 6.14. The van der Waals surface area contributed by atoms with Gasteiger partial charge in [0.2, 0.25) is 10.0 Å². The van der Waals surface area contributed by atoms with Gasteiger partial charge in [0.15, 0.2) is 0 Å². The topological polar surface area (TPSA) is 92.3 Å². The highest BCUT2D eigenvalue weighted by Gasteiger charge is 2.32. The smallest absolute Gasteiger partial charge is 0.251 e. The van der Waals surface area contributed by atoms with Crippen LogP contribution in [0.2, 0.25) is 0 Å². The highest BCUT2D eigenvalue weighted by Crippen LogP contribution is 2.21. The van der Waals surface area contributed by atoms with Crippen molar-refractivity contribution in [3.8, 4) is 0 Å². The predicted molar refractivity (Wildman–Crippen MR) is 109 cm³/mol. The molecule has 1 fully saturated rings. The molecule has 3 N–H and O–H groups in total. The van der Waals surface area contributed by atoms with Crippen molar-refractivity contribution in [2.24, 2.45) is 0 Å². The van der Waals surface area contributed by atoms with Crippen LogP contribution in [0.1, 0.15) is 51.4 Å². The molecule has 1 aromatic carbocycles. The van der Waals surface area contributed by atoms with E-state index >= 15 is 0 Å². The summed E-state index contributed by atoms with van der Waals surface area (Å²) >= 11 is 0. The van der Waals surface area contributed by atoms with Gasteiger partial charge in [0.25, 0.3) is 5.91 Å². The van der Waals surface area contributed by atoms with Crippen LogP contribution in [0.4, 0.5) is 0 Å². The first-order chi connectivity index (χ1) is 13.0. The standard InChI is InChI=1S/C20H33N3O4S/c1-15-13-23(14-16(2)27-15)28(25,26)18-9-7-17(8-10-18)19(24)21-11-6-12-22-20(3,4)5/h7-10,15-16,22H,6,11-14H2,1-5H3,(H,21,24)/p+1/t15-,16-/m0/s1. The lowest BCUT2D eigenvalue weighted by Gasteiger charge is -2.34. The third-order valence-corrected chi connectivity index (χ3v) is 6.41. The van der Waals surface area contributed by atoms with Crippen LogP contribution in [0, 0.1) is 0 Å². The zero-order chi connectivity index (χ0) is 20.9. The van der Waals surface area contributed by atoms with Gasteiger partial charge in [-0.2, -0.15) is 4.31 Å². The Balaban J connectivity index is 1.92. The Kier molecular flexibility index (Phi) is 7.61. The zero-order valence-electron chi connectivity index (χ0n) is 17.6. The molecular weight excluding hydrogens is 378 g/mol. The van der Waals surface area contributed by atoms with E-state index in [1.807, 2.05) is 13.8 Å². The molecule has 158 valence electrons. The lowest BCUT2D eigenvalue weighted by molar-refractivity contribution is -0.717. The molecule has 8 heteroatoms. The third-order valence-electron chi connectivity index (χ3n) is 4.56. The first-order valence-corrected chi connectivity index (χ1v) is 11.3. The van der Waals surface area contributed by atoms with Crippen molar-refractivity contribution in [1.82, 2.24) is 9.62 Å². The molecule has 0 unspecified atom stereocenters. The molecule has 0 radical (unpaired) electrons.